The van der Waals surface area contributed by atoms with Crippen LogP contribution in [0.15, 0.2) is 33.5 Å². The first-order chi connectivity index (χ1) is 17.2. The lowest BCUT2D eigenvalue weighted by Crippen LogP contribution is -2.65. The molecule has 2 aromatic rings. The maximum absolute atomic E-state index is 11.6. The molecule has 4 rings (SSSR count). The second-order valence-corrected chi connectivity index (χ2v) is 8.42. The fourth-order valence-corrected chi connectivity index (χ4v) is 4.08. The highest BCUT2D eigenvalue weighted by Gasteiger charge is 2.51. The molecule has 0 unspecified atom stereocenters. The van der Waals surface area contributed by atoms with Crippen molar-refractivity contribution in [2.24, 2.45) is 0 Å². The number of methoxy groups -OCH3 is 1. The minimum Gasteiger partial charge on any atom is -0.493 e. The molecule has 2 aliphatic heterocycles. The van der Waals surface area contributed by atoms with Crippen molar-refractivity contribution in [1.29, 1.82) is 0 Å². The van der Waals surface area contributed by atoms with Crippen LogP contribution in [-0.2, 0) is 14.2 Å². The number of aliphatic hydroxyl groups is 7. The number of aliphatic hydroxyl groups excluding tert-OH is 7. The van der Waals surface area contributed by atoms with Gasteiger partial charge >= 0.3 is 5.63 Å². The number of hydrogen-bond acceptors (Lipinski definition) is 14. The Kier molecular flexibility index (Phi) is 8.11. The van der Waals surface area contributed by atoms with E-state index in [1.54, 1.807) is 0 Å². The summed E-state index contributed by atoms with van der Waals surface area (Å²) in [6.07, 6.45) is -16.1. The highest BCUT2D eigenvalue weighted by molar-refractivity contribution is 5.80. The molecule has 0 aliphatic carbocycles. The van der Waals surface area contributed by atoms with Gasteiger partial charge in [0.15, 0.2) is 23.9 Å². The van der Waals surface area contributed by atoms with E-state index < -0.39 is 80.3 Å². The van der Waals surface area contributed by atoms with Gasteiger partial charge in [0.05, 0.1) is 20.3 Å². The molecule has 2 aliphatic rings. The molecule has 2 saturated heterocycles. The molecule has 3 heterocycles. The quantitative estimate of drug-likeness (QED) is 0.180. The topological polar surface area (TPSA) is 218 Å². The second kappa shape index (κ2) is 10.9. The van der Waals surface area contributed by atoms with Crippen LogP contribution in [-0.4, -0.2) is 117 Å². The fourth-order valence-electron chi connectivity index (χ4n) is 4.08. The molecule has 0 amide bonds. The molecule has 10 atom stereocenters. The predicted octanol–water partition coefficient (Wildman–Crippen LogP) is -3.20. The van der Waals surface area contributed by atoms with Gasteiger partial charge in [0.1, 0.15) is 48.3 Å². The molecule has 0 radical (unpaired) electrons. The Bertz CT molecular complexity index is 1090. The van der Waals surface area contributed by atoms with Gasteiger partial charge in [-0.3, -0.25) is 0 Å². The Morgan fingerprint density at radius 3 is 2.08 bits per heavy atom. The van der Waals surface area contributed by atoms with Crippen LogP contribution >= 0.6 is 0 Å². The maximum atomic E-state index is 11.6. The molecule has 200 valence electrons. The molecule has 1 aromatic heterocycles. The number of ether oxygens (including phenoxy) is 5. The Balaban J connectivity index is 1.66. The third-order valence-electron chi connectivity index (χ3n) is 6.11. The second-order valence-electron chi connectivity index (χ2n) is 8.42. The molecule has 0 saturated carbocycles. The van der Waals surface area contributed by atoms with Crippen LogP contribution in [0.3, 0.4) is 0 Å². The van der Waals surface area contributed by atoms with Crippen LogP contribution in [0.2, 0.25) is 0 Å². The Labute approximate surface area is 203 Å². The molecule has 0 spiro atoms. The van der Waals surface area contributed by atoms with Crippen molar-refractivity contribution in [1.82, 2.24) is 0 Å². The van der Waals surface area contributed by atoms with Crippen LogP contribution in [0.25, 0.3) is 11.0 Å². The summed E-state index contributed by atoms with van der Waals surface area (Å²) < 4.78 is 32.9. The Morgan fingerprint density at radius 1 is 0.806 bits per heavy atom. The van der Waals surface area contributed by atoms with Crippen molar-refractivity contribution in [2.75, 3.05) is 20.3 Å². The van der Waals surface area contributed by atoms with Gasteiger partial charge in [0.2, 0.25) is 6.29 Å². The largest absolute Gasteiger partial charge is 0.493 e. The summed E-state index contributed by atoms with van der Waals surface area (Å²) in [7, 11) is 1.35. The number of benzene rings is 1. The van der Waals surface area contributed by atoms with Gasteiger partial charge < -0.3 is 63.8 Å². The van der Waals surface area contributed by atoms with E-state index in [4.69, 9.17) is 28.1 Å². The molecular formula is C22H28O14. The molecule has 1 aromatic carbocycles. The van der Waals surface area contributed by atoms with Gasteiger partial charge in [0.25, 0.3) is 0 Å². The first-order valence-electron chi connectivity index (χ1n) is 11.1. The van der Waals surface area contributed by atoms with Crippen LogP contribution in [0.5, 0.6) is 11.5 Å². The van der Waals surface area contributed by atoms with E-state index in [0.29, 0.717) is 5.39 Å². The van der Waals surface area contributed by atoms with E-state index in [-0.39, 0.29) is 17.1 Å². The van der Waals surface area contributed by atoms with Crippen LogP contribution in [0.1, 0.15) is 0 Å². The van der Waals surface area contributed by atoms with E-state index in [1.165, 1.54) is 31.4 Å². The minimum atomic E-state index is -1.81. The normalized spacial score (nSPS) is 37.1. The van der Waals surface area contributed by atoms with Gasteiger partial charge in [-0.25, -0.2) is 4.79 Å². The van der Waals surface area contributed by atoms with Gasteiger partial charge in [-0.15, -0.1) is 0 Å². The first-order valence-corrected chi connectivity index (χ1v) is 11.1. The molecule has 36 heavy (non-hydrogen) atoms. The molecular weight excluding hydrogens is 488 g/mol. The lowest BCUT2D eigenvalue weighted by molar-refractivity contribution is -0.357. The Hall–Kier alpha value is -2.37. The molecule has 0 bridgehead atoms. The summed E-state index contributed by atoms with van der Waals surface area (Å²) in [5.41, 5.74) is -0.477. The van der Waals surface area contributed by atoms with Crippen LogP contribution < -0.4 is 15.1 Å². The third kappa shape index (κ3) is 5.05. The first kappa shape index (κ1) is 26.7. The molecule has 14 heteroatoms. The number of fused-ring (bicyclic) bond motifs is 1. The van der Waals surface area contributed by atoms with Gasteiger partial charge in [0, 0.05) is 17.5 Å². The predicted molar refractivity (Wildman–Crippen MR) is 116 cm³/mol. The lowest BCUT2D eigenvalue weighted by atomic mass is 9.97. The van der Waals surface area contributed by atoms with E-state index in [0.717, 1.165) is 0 Å². The van der Waals surface area contributed by atoms with E-state index in [2.05, 4.69) is 0 Å². The summed E-state index contributed by atoms with van der Waals surface area (Å²) in [5.74, 6) is 0.153. The van der Waals surface area contributed by atoms with Crippen LogP contribution in [0, 0.1) is 0 Å². The van der Waals surface area contributed by atoms with Gasteiger partial charge in [-0.05, 0) is 12.1 Å². The van der Waals surface area contributed by atoms with E-state index in [1.807, 2.05) is 0 Å². The zero-order valence-corrected chi connectivity index (χ0v) is 19.0. The van der Waals surface area contributed by atoms with Crippen molar-refractivity contribution in [3.8, 4) is 11.5 Å². The minimum absolute atomic E-state index is 0.0213. The summed E-state index contributed by atoms with van der Waals surface area (Å²) in [4.78, 5) is 11.6. The number of hydrogen-bond donors (Lipinski definition) is 7. The van der Waals surface area contributed by atoms with Crippen molar-refractivity contribution in [3.63, 3.8) is 0 Å². The van der Waals surface area contributed by atoms with Crippen molar-refractivity contribution in [3.05, 3.63) is 34.7 Å². The van der Waals surface area contributed by atoms with Crippen LogP contribution in [0.4, 0.5) is 0 Å². The lowest BCUT2D eigenvalue weighted by Gasteiger charge is -2.45. The highest BCUT2D eigenvalue weighted by atomic mass is 16.8. The van der Waals surface area contributed by atoms with E-state index in [9.17, 15) is 40.5 Å². The van der Waals surface area contributed by atoms with Crippen molar-refractivity contribution >= 4 is 11.0 Å². The summed E-state index contributed by atoms with van der Waals surface area (Å²) in [6, 6.07) is 5.58. The third-order valence-corrected chi connectivity index (χ3v) is 6.11. The molecule has 2 fully saturated rings. The van der Waals surface area contributed by atoms with Crippen molar-refractivity contribution < 1.29 is 63.8 Å². The van der Waals surface area contributed by atoms with Gasteiger partial charge in [-0.1, -0.05) is 0 Å². The molecule has 14 nitrogen and oxygen atoms in total. The van der Waals surface area contributed by atoms with E-state index >= 15 is 0 Å². The van der Waals surface area contributed by atoms with Crippen molar-refractivity contribution in [2.45, 2.75) is 61.4 Å². The summed E-state index contributed by atoms with van der Waals surface area (Å²) in [5, 5.41) is 71.0. The monoisotopic (exact) mass is 516 g/mol. The number of rotatable bonds is 7. The zero-order chi connectivity index (χ0) is 26.1. The molecule has 7 N–H and O–H groups in total. The fraction of sp³-hybridized carbons (Fsp3) is 0.591. The highest BCUT2D eigenvalue weighted by Crippen LogP contribution is 2.36. The smallest absolute Gasteiger partial charge is 0.336 e. The standard InChI is InChI=1S/C22H28O14/c1-31-10-4-8-2-3-14(25)32-9(8)5-11(10)33-22-20(18(29)16(27)13(7-24)35-22)36-21-19(30)17(28)15(26)12(6-23)34-21/h2-5,12-13,15-24,26-30H,6-7H2,1H3/t12-,13+,15+,16-,17-,18+,19+,20+,21+,22+/m1/s1. The SMILES string of the molecule is COc1cc2ccc(=O)oc2cc1O[C@H]1O[C@@H](CO)[C@@H](O)[C@H](O)[C@@H]1O[C@@H]1O[C@H](CO)[C@H](O)[C@@H](O)[C@@H]1O. The Morgan fingerprint density at radius 2 is 1.44 bits per heavy atom. The average Bonchev–Trinajstić information content (AvgIpc) is 2.87. The summed E-state index contributed by atoms with van der Waals surface area (Å²) in [6.45, 7) is -1.42. The maximum Gasteiger partial charge on any atom is 0.336 e. The average molecular weight is 516 g/mol. The van der Waals surface area contributed by atoms with Gasteiger partial charge in [-0.2, -0.15) is 0 Å². The zero-order valence-electron chi connectivity index (χ0n) is 19.0. The summed E-state index contributed by atoms with van der Waals surface area (Å²) >= 11 is 0.